The smallest absolute Gasteiger partial charge is 0.311 e. The van der Waals surface area contributed by atoms with Crippen LogP contribution in [0.15, 0.2) is 42.5 Å². The molecule has 0 fully saturated rings. The number of fused-ring (bicyclic) bond motifs is 1. The Morgan fingerprint density at radius 3 is 2.64 bits per heavy atom. The lowest BCUT2D eigenvalue weighted by Crippen LogP contribution is -2.49. The van der Waals surface area contributed by atoms with Gasteiger partial charge < -0.3 is 24.4 Å². The van der Waals surface area contributed by atoms with Crippen molar-refractivity contribution in [2.75, 3.05) is 33.9 Å². The lowest BCUT2D eigenvalue weighted by Gasteiger charge is -2.37. The summed E-state index contributed by atoms with van der Waals surface area (Å²) in [4.78, 5) is 26.3. The number of para-hydroxylation sites is 1. The number of benzene rings is 2. The van der Waals surface area contributed by atoms with Gasteiger partial charge in [0.25, 0.3) is 5.91 Å². The summed E-state index contributed by atoms with van der Waals surface area (Å²) < 4.78 is 17.1. The van der Waals surface area contributed by atoms with E-state index in [1.165, 1.54) is 12.1 Å². The van der Waals surface area contributed by atoms with E-state index in [1.807, 2.05) is 38.1 Å². The fourth-order valence-electron chi connectivity index (χ4n) is 3.88. The molecule has 1 heterocycles. The SMILES string of the molecule is CNC[C@@H]1Oc2c(cccc2[N+](=O)[O-])C(=O)N([C@@H](C)COCc2ccc(OC)cc2)C[C@H]1C. The summed E-state index contributed by atoms with van der Waals surface area (Å²) in [5.41, 5.74) is 0.984. The van der Waals surface area contributed by atoms with Crippen LogP contribution < -0.4 is 14.8 Å². The van der Waals surface area contributed by atoms with Crippen molar-refractivity contribution in [3.05, 3.63) is 63.7 Å². The maximum atomic E-state index is 13.5. The third-order valence-electron chi connectivity index (χ3n) is 5.80. The summed E-state index contributed by atoms with van der Waals surface area (Å²) in [6.45, 7) is 5.57. The Balaban J connectivity index is 1.80. The molecule has 1 aliphatic rings. The van der Waals surface area contributed by atoms with E-state index < -0.39 is 4.92 Å². The van der Waals surface area contributed by atoms with Gasteiger partial charge in [0.05, 0.1) is 36.9 Å². The van der Waals surface area contributed by atoms with E-state index in [0.717, 1.165) is 11.3 Å². The maximum Gasteiger partial charge on any atom is 0.311 e. The van der Waals surface area contributed by atoms with Crippen molar-refractivity contribution in [1.29, 1.82) is 0 Å². The number of nitrogens with zero attached hydrogens (tertiary/aromatic N) is 2. The number of nitro groups is 1. The maximum absolute atomic E-state index is 13.5. The number of nitro benzene ring substituents is 1. The Labute approximate surface area is 193 Å². The average Bonchev–Trinajstić information content (AvgIpc) is 2.81. The van der Waals surface area contributed by atoms with Gasteiger partial charge in [-0.3, -0.25) is 14.9 Å². The molecule has 0 aliphatic carbocycles. The quantitative estimate of drug-likeness (QED) is 0.455. The fourth-order valence-corrected chi connectivity index (χ4v) is 3.88. The van der Waals surface area contributed by atoms with Crippen LogP contribution in [0.5, 0.6) is 11.5 Å². The Bertz CT molecular complexity index is 965. The molecule has 2 aromatic carbocycles. The molecule has 3 atom stereocenters. The predicted octanol–water partition coefficient (Wildman–Crippen LogP) is 3.27. The average molecular weight is 458 g/mol. The zero-order valence-electron chi connectivity index (χ0n) is 19.4. The first kappa shape index (κ1) is 24.5. The Hall–Kier alpha value is -3.17. The number of carbonyl (C=O) groups is 1. The van der Waals surface area contributed by atoms with Gasteiger partial charge >= 0.3 is 5.69 Å². The van der Waals surface area contributed by atoms with Crippen molar-refractivity contribution in [2.24, 2.45) is 5.92 Å². The first-order chi connectivity index (χ1) is 15.8. The summed E-state index contributed by atoms with van der Waals surface area (Å²) in [6, 6.07) is 11.8. The number of ether oxygens (including phenoxy) is 3. The largest absolute Gasteiger partial charge is 0.497 e. The van der Waals surface area contributed by atoms with Crippen LogP contribution in [-0.4, -0.2) is 61.7 Å². The van der Waals surface area contributed by atoms with E-state index in [2.05, 4.69) is 5.32 Å². The second-order valence-corrected chi connectivity index (χ2v) is 8.27. The normalized spacial score (nSPS) is 19.2. The van der Waals surface area contributed by atoms with Crippen molar-refractivity contribution in [2.45, 2.75) is 32.6 Å². The molecule has 9 nitrogen and oxygen atoms in total. The Morgan fingerprint density at radius 1 is 1.27 bits per heavy atom. The van der Waals surface area contributed by atoms with Gasteiger partial charge in [0.15, 0.2) is 0 Å². The number of rotatable bonds is 9. The van der Waals surface area contributed by atoms with Crippen LogP contribution in [0.3, 0.4) is 0 Å². The minimum absolute atomic E-state index is 0.0238. The summed E-state index contributed by atoms with van der Waals surface area (Å²) in [7, 11) is 3.42. The molecule has 3 rings (SSSR count). The van der Waals surface area contributed by atoms with E-state index in [4.69, 9.17) is 14.2 Å². The van der Waals surface area contributed by atoms with E-state index >= 15 is 0 Å². The summed E-state index contributed by atoms with van der Waals surface area (Å²) >= 11 is 0. The lowest BCUT2D eigenvalue weighted by molar-refractivity contribution is -0.386. The Kier molecular flexibility index (Phi) is 8.24. The van der Waals surface area contributed by atoms with E-state index in [1.54, 1.807) is 25.1 Å². The van der Waals surface area contributed by atoms with Crippen LogP contribution in [0.25, 0.3) is 0 Å². The van der Waals surface area contributed by atoms with Crippen molar-refractivity contribution in [1.82, 2.24) is 10.2 Å². The molecule has 0 saturated carbocycles. The zero-order valence-corrected chi connectivity index (χ0v) is 19.4. The fraction of sp³-hybridized carbons (Fsp3) is 0.458. The number of methoxy groups -OCH3 is 1. The third-order valence-corrected chi connectivity index (χ3v) is 5.80. The number of nitrogens with one attached hydrogen (secondary N) is 1. The number of hydrogen-bond acceptors (Lipinski definition) is 7. The highest BCUT2D eigenvalue weighted by Crippen LogP contribution is 2.35. The van der Waals surface area contributed by atoms with Gasteiger partial charge in [0, 0.05) is 25.1 Å². The van der Waals surface area contributed by atoms with E-state index in [9.17, 15) is 14.9 Å². The first-order valence-electron chi connectivity index (χ1n) is 11.0. The van der Waals surface area contributed by atoms with Gasteiger partial charge in [-0.15, -0.1) is 0 Å². The molecule has 33 heavy (non-hydrogen) atoms. The van der Waals surface area contributed by atoms with Crippen LogP contribution >= 0.6 is 0 Å². The number of amides is 1. The van der Waals surface area contributed by atoms with Crippen LogP contribution in [0.1, 0.15) is 29.8 Å². The molecular formula is C24H31N3O6. The zero-order chi connectivity index (χ0) is 24.0. The molecule has 0 unspecified atom stereocenters. The number of carbonyl (C=O) groups excluding carboxylic acids is 1. The monoisotopic (exact) mass is 457 g/mol. The second-order valence-electron chi connectivity index (χ2n) is 8.27. The molecule has 0 spiro atoms. The molecule has 1 aliphatic heterocycles. The van der Waals surface area contributed by atoms with Crippen molar-refractivity contribution >= 4 is 11.6 Å². The molecule has 1 amide bonds. The minimum Gasteiger partial charge on any atom is -0.497 e. The highest BCUT2D eigenvalue weighted by molar-refractivity contribution is 5.98. The van der Waals surface area contributed by atoms with Crippen LogP contribution in [-0.2, 0) is 11.3 Å². The summed E-state index contributed by atoms with van der Waals surface area (Å²) in [5.74, 6) is 0.441. The van der Waals surface area contributed by atoms with Gasteiger partial charge in [-0.05, 0) is 37.7 Å². The molecule has 0 radical (unpaired) electrons. The van der Waals surface area contributed by atoms with Crippen molar-refractivity contribution in [3.63, 3.8) is 0 Å². The molecule has 178 valence electrons. The number of likely N-dealkylation sites (N-methyl/N-ethyl adjacent to an activating group) is 1. The first-order valence-corrected chi connectivity index (χ1v) is 11.0. The van der Waals surface area contributed by atoms with Gasteiger partial charge in [-0.1, -0.05) is 25.1 Å². The summed E-state index contributed by atoms with van der Waals surface area (Å²) in [5, 5.41) is 14.7. The van der Waals surface area contributed by atoms with E-state index in [-0.39, 0.29) is 41.0 Å². The standard InChI is InChI=1S/C24H31N3O6/c1-16-13-26(17(2)14-32-15-18-8-10-19(31-4)11-9-18)24(28)20-6-5-7-21(27(29)30)23(20)33-22(16)12-25-3/h5-11,16-17,22,25H,12-15H2,1-4H3/t16-,17+,22+/m1/s1. The second kappa shape index (κ2) is 11.1. The van der Waals surface area contributed by atoms with Crippen LogP contribution in [0.4, 0.5) is 5.69 Å². The third kappa shape index (κ3) is 5.80. The van der Waals surface area contributed by atoms with Gasteiger partial charge in [0.1, 0.15) is 11.9 Å². The van der Waals surface area contributed by atoms with E-state index in [0.29, 0.717) is 26.3 Å². The molecule has 1 N–H and O–H groups in total. The van der Waals surface area contributed by atoms with Gasteiger partial charge in [-0.25, -0.2) is 0 Å². The highest BCUT2D eigenvalue weighted by Gasteiger charge is 2.36. The Morgan fingerprint density at radius 2 is 2.00 bits per heavy atom. The van der Waals surface area contributed by atoms with Crippen LogP contribution in [0.2, 0.25) is 0 Å². The van der Waals surface area contributed by atoms with Gasteiger partial charge in [-0.2, -0.15) is 0 Å². The summed E-state index contributed by atoms with van der Waals surface area (Å²) in [6.07, 6.45) is -0.335. The van der Waals surface area contributed by atoms with Crippen molar-refractivity contribution in [3.8, 4) is 11.5 Å². The van der Waals surface area contributed by atoms with Crippen molar-refractivity contribution < 1.29 is 23.9 Å². The minimum atomic E-state index is -0.513. The molecular weight excluding hydrogens is 426 g/mol. The molecule has 9 heteroatoms. The molecule has 0 aromatic heterocycles. The number of hydrogen-bond donors (Lipinski definition) is 1. The van der Waals surface area contributed by atoms with Gasteiger partial charge in [0.2, 0.25) is 5.75 Å². The predicted molar refractivity (Wildman–Crippen MR) is 124 cm³/mol. The highest BCUT2D eigenvalue weighted by atomic mass is 16.6. The molecule has 0 saturated heterocycles. The molecule has 2 aromatic rings. The lowest BCUT2D eigenvalue weighted by atomic mass is 9.99. The molecule has 0 bridgehead atoms. The van der Waals surface area contributed by atoms with Crippen LogP contribution in [0, 0.1) is 16.0 Å². The topological polar surface area (TPSA) is 103 Å².